The van der Waals surface area contributed by atoms with Crippen molar-refractivity contribution in [3.63, 3.8) is 0 Å². The molecule has 0 unspecified atom stereocenters. The molecule has 4 rings (SSSR count). The third kappa shape index (κ3) is 3.07. The average molecular weight is 349 g/mol. The van der Waals surface area contributed by atoms with Gasteiger partial charge in [0.25, 0.3) is 5.91 Å². The van der Waals surface area contributed by atoms with Crippen LogP contribution in [0.1, 0.15) is 55.0 Å². The molecule has 0 bridgehead atoms. The number of carbonyl (C=O) groups is 1. The second-order valence-corrected chi connectivity index (χ2v) is 7.14. The molecule has 6 nitrogen and oxygen atoms in total. The Kier molecular flexibility index (Phi) is 4.41. The predicted octanol–water partition coefficient (Wildman–Crippen LogP) is 3.43. The molecule has 0 N–H and O–H groups in total. The highest BCUT2D eigenvalue weighted by molar-refractivity contribution is 5.93. The van der Waals surface area contributed by atoms with Crippen molar-refractivity contribution in [3.8, 4) is 0 Å². The number of fused-ring (bicyclic) bond motifs is 1. The summed E-state index contributed by atoms with van der Waals surface area (Å²) in [5.41, 5.74) is 1.98. The molecule has 1 aromatic carbocycles. The fourth-order valence-corrected chi connectivity index (χ4v) is 3.67. The Morgan fingerprint density at radius 2 is 2.00 bits per heavy atom. The van der Waals surface area contributed by atoms with Crippen molar-refractivity contribution in [3.05, 3.63) is 54.4 Å². The molecule has 1 amide bonds. The first-order valence-electron chi connectivity index (χ1n) is 9.17. The quantitative estimate of drug-likeness (QED) is 0.727. The average Bonchev–Trinajstić information content (AvgIpc) is 3.17. The van der Waals surface area contributed by atoms with Crippen molar-refractivity contribution in [1.29, 1.82) is 0 Å². The highest BCUT2D eigenvalue weighted by Crippen LogP contribution is 2.26. The number of amides is 1. The van der Waals surface area contributed by atoms with Crippen molar-refractivity contribution in [2.24, 2.45) is 0 Å². The maximum Gasteiger partial charge on any atom is 0.274 e. The van der Waals surface area contributed by atoms with E-state index in [1.807, 2.05) is 41.6 Å². The van der Waals surface area contributed by atoms with E-state index in [4.69, 9.17) is 0 Å². The Morgan fingerprint density at radius 3 is 2.81 bits per heavy atom. The van der Waals surface area contributed by atoms with Crippen LogP contribution in [0.25, 0.3) is 11.0 Å². The number of hydrogen-bond acceptors (Lipinski definition) is 4. The lowest BCUT2D eigenvalue weighted by atomic mass is 10.0. The van der Waals surface area contributed by atoms with Crippen molar-refractivity contribution in [2.45, 2.75) is 38.6 Å². The third-order valence-corrected chi connectivity index (χ3v) is 4.96. The number of nitrogens with zero attached hydrogens (tertiary/aromatic N) is 5. The van der Waals surface area contributed by atoms with Gasteiger partial charge in [0.2, 0.25) is 0 Å². The van der Waals surface area contributed by atoms with Crippen LogP contribution in [0.5, 0.6) is 0 Å². The molecule has 1 atom stereocenters. The largest absolute Gasteiger partial charge is 0.335 e. The van der Waals surface area contributed by atoms with E-state index in [1.54, 1.807) is 6.20 Å². The molecule has 1 aliphatic heterocycles. The summed E-state index contributed by atoms with van der Waals surface area (Å²) < 4.78 is 2.23. The number of carbonyl (C=O) groups excluding carboxylic acids is 1. The van der Waals surface area contributed by atoms with Crippen LogP contribution in [0.15, 0.2) is 42.9 Å². The van der Waals surface area contributed by atoms with Gasteiger partial charge in [0.15, 0.2) is 0 Å². The first kappa shape index (κ1) is 16.7. The third-order valence-electron chi connectivity index (χ3n) is 4.96. The van der Waals surface area contributed by atoms with Gasteiger partial charge in [-0.2, -0.15) is 0 Å². The van der Waals surface area contributed by atoms with Gasteiger partial charge in [-0.1, -0.05) is 26.0 Å². The van der Waals surface area contributed by atoms with Crippen molar-refractivity contribution in [1.82, 2.24) is 24.4 Å². The predicted molar refractivity (Wildman–Crippen MR) is 100 cm³/mol. The second-order valence-electron chi connectivity index (χ2n) is 7.14. The number of rotatable bonds is 3. The van der Waals surface area contributed by atoms with Gasteiger partial charge in [0, 0.05) is 31.4 Å². The molecule has 6 heteroatoms. The Labute approximate surface area is 152 Å². The molecule has 3 heterocycles. The minimum atomic E-state index is -0.0424. The van der Waals surface area contributed by atoms with Gasteiger partial charge in [-0.25, -0.2) is 9.97 Å². The molecule has 134 valence electrons. The minimum Gasteiger partial charge on any atom is -0.335 e. The number of piperidine rings is 1. The van der Waals surface area contributed by atoms with Gasteiger partial charge in [0.1, 0.15) is 11.5 Å². The Balaban J connectivity index is 1.56. The summed E-state index contributed by atoms with van der Waals surface area (Å²) in [6.45, 7) is 5.74. The lowest BCUT2D eigenvalue weighted by Crippen LogP contribution is -2.41. The summed E-state index contributed by atoms with van der Waals surface area (Å²) in [4.78, 5) is 28.3. The van der Waals surface area contributed by atoms with E-state index < -0.39 is 0 Å². The van der Waals surface area contributed by atoms with E-state index in [0.717, 1.165) is 36.2 Å². The number of likely N-dealkylation sites (tertiary alicyclic amines) is 1. The van der Waals surface area contributed by atoms with Crippen LogP contribution >= 0.6 is 0 Å². The van der Waals surface area contributed by atoms with Gasteiger partial charge in [-0.05, 0) is 25.0 Å². The van der Waals surface area contributed by atoms with E-state index in [-0.39, 0.29) is 11.9 Å². The molecule has 26 heavy (non-hydrogen) atoms. The summed E-state index contributed by atoms with van der Waals surface area (Å²) in [6.07, 6.45) is 7.51. The molecule has 0 spiro atoms. The molecule has 1 fully saturated rings. The lowest BCUT2D eigenvalue weighted by Gasteiger charge is -2.34. The minimum absolute atomic E-state index is 0.0424. The zero-order chi connectivity index (χ0) is 18.1. The maximum absolute atomic E-state index is 13.0. The van der Waals surface area contributed by atoms with Gasteiger partial charge in [-0.15, -0.1) is 0 Å². The van der Waals surface area contributed by atoms with Crippen LogP contribution in [0.2, 0.25) is 0 Å². The van der Waals surface area contributed by atoms with Crippen LogP contribution < -0.4 is 0 Å². The van der Waals surface area contributed by atoms with E-state index in [9.17, 15) is 4.79 Å². The molecule has 0 aliphatic carbocycles. The summed E-state index contributed by atoms with van der Waals surface area (Å²) in [7, 11) is 0. The number of hydrogen-bond donors (Lipinski definition) is 0. The Bertz CT molecular complexity index is 933. The summed E-state index contributed by atoms with van der Waals surface area (Å²) in [5, 5.41) is 0. The molecule has 2 aromatic heterocycles. The van der Waals surface area contributed by atoms with Crippen LogP contribution in [0, 0.1) is 0 Å². The van der Waals surface area contributed by atoms with Gasteiger partial charge < -0.3 is 9.47 Å². The van der Waals surface area contributed by atoms with E-state index in [2.05, 4.69) is 33.4 Å². The maximum atomic E-state index is 13.0. The smallest absolute Gasteiger partial charge is 0.274 e. The monoisotopic (exact) mass is 349 g/mol. The van der Waals surface area contributed by atoms with E-state index >= 15 is 0 Å². The van der Waals surface area contributed by atoms with Gasteiger partial charge in [-0.3, -0.25) is 9.78 Å². The van der Waals surface area contributed by atoms with E-state index in [1.165, 1.54) is 0 Å². The molecule has 1 aliphatic rings. The Hall–Kier alpha value is -2.76. The first-order chi connectivity index (χ1) is 12.6. The number of aromatic nitrogens is 4. The van der Waals surface area contributed by atoms with Crippen molar-refractivity contribution >= 4 is 16.9 Å². The van der Waals surface area contributed by atoms with Crippen LogP contribution in [-0.2, 0) is 0 Å². The SMILES string of the molecule is CC(C)c1nccn1[C@@H]1CCCN(C(=O)c2cnc3ccccc3n2)C1. The van der Waals surface area contributed by atoms with Crippen molar-refractivity contribution < 1.29 is 4.79 Å². The zero-order valence-corrected chi connectivity index (χ0v) is 15.2. The molecular weight excluding hydrogens is 326 g/mol. The lowest BCUT2D eigenvalue weighted by molar-refractivity contribution is 0.0671. The molecule has 0 saturated carbocycles. The summed E-state index contributed by atoms with van der Waals surface area (Å²) in [5.74, 6) is 1.40. The highest BCUT2D eigenvalue weighted by atomic mass is 16.2. The first-order valence-corrected chi connectivity index (χ1v) is 9.17. The fraction of sp³-hybridized carbons (Fsp3) is 0.400. The number of imidazole rings is 1. The van der Waals surface area contributed by atoms with Gasteiger partial charge >= 0.3 is 0 Å². The number of para-hydroxylation sites is 2. The van der Waals surface area contributed by atoms with Crippen LogP contribution in [-0.4, -0.2) is 43.4 Å². The topological polar surface area (TPSA) is 63.9 Å². The standard InChI is InChI=1S/C20H23N5O/c1-14(2)19-21-9-11-25(19)15-6-5-10-24(13-15)20(26)18-12-22-16-7-3-4-8-17(16)23-18/h3-4,7-9,11-12,14-15H,5-6,10,13H2,1-2H3/t15-/m1/s1. The van der Waals surface area contributed by atoms with Gasteiger partial charge in [0.05, 0.1) is 23.3 Å². The Morgan fingerprint density at radius 1 is 1.19 bits per heavy atom. The van der Waals surface area contributed by atoms with Crippen LogP contribution in [0.4, 0.5) is 0 Å². The summed E-state index contributed by atoms with van der Waals surface area (Å²) >= 11 is 0. The van der Waals surface area contributed by atoms with Crippen LogP contribution in [0.3, 0.4) is 0 Å². The second kappa shape index (κ2) is 6.86. The zero-order valence-electron chi connectivity index (χ0n) is 15.2. The van der Waals surface area contributed by atoms with Crippen molar-refractivity contribution in [2.75, 3.05) is 13.1 Å². The van der Waals surface area contributed by atoms with E-state index in [0.29, 0.717) is 18.2 Å². The summed E-state index contributed by atoms with van der Waals surface area (Å²) in [6, 6.07) is 7.89. The fourth-order valence-electron chi connectivity index (χ4n) is 3.67. The highest BCUT2D eigenvalue weighted by Gasteiger charge is 2.27. The molecule has 1 saturated heterocycles. The normalized spacial score (nSPS) is 17.8. The molecular formula is C20H23N5O. The number of benzene rings is 1. The molecule has 0 radical (unpaired) electrons. The molecule has 3 aromatic rings.